The zero-order chi connectivity index (χ0) is 11.6. The van der Waals surface area contributed by atoms with Crippen LogP contribution in [-0.2, 0) is 0 Å². The van der Waals surface area contributed by atoms with Gasteiger partial charge in [-0.15, -0.1) is 0 Å². The summed E-state index contributed by atoms with van der Waals surface area (Å²) >= 11 is 0. The Morgan fingerprint density at radius 1 is 1.06 bits per heavy atom. The summed E-state index contributed by atoms with van der Waals surface area (Å²) in [6, 6.07) is 0. The molecule has 0 saturated heterocycles. The Hall–Kier alpha value is -0.560. The van der Waals surface area contributed by atoms with Crippen LogP contribution in [0.4, 0.5) is 0 Å². The second kappa shape index (κ2) is 8.58. The minimum Gasteiger partial charge on any atom is -0.304 e. The maximum atomic E-state index is 2.57. The number of nitrogens with zero attached hydrogens (tertiary/aromatic N) is 1. The highest BCUT2D eigenvalue weighted by Gasteiger charge is 2.07. The largest absolute Gasteiger partial charge is 0.304 e. The molecule has 0 spiro atoms. The summed E-state index contributed by atoms with van der Waals surface area (Å²) in [6.07, 6.45) is 15.6. The Labute approximate surface area is 101 Å². The maximum absolute atomic E-state index is 2.57. The molecule has 92 valence electrons. The van der Waals surface area contributed by atoms with Crippen molar-refractivity contribution in [2.75, 3.05) is 19.6 Å². The van der Waals surface area contributed by atoms with E-state index in [-0.39, 0.29) is 0 Å². The first-order chi connectivity index (χ1) is 7.86. The number of hydrogen-bond acceptors (Lipinski definition) is 1. The summed E-state index contributed by atoms with van der Waals surface area (Å²) in [5, 5.41) is 0. The van der Waals surface area contributed by atoms with Crippen molar-refractivity contribution in [1.29, 1.82) is 0 Å². The number of allylic oxidation sites excluding steroid dienone is 4. The SMILES string of the molecule is CCCN(CC)CCCC1CC=CC=CC1. The van der Waals surface area contributed by atoms with Crippen molar-refractivity contribution in [3.8, 4) is 0 Å². The zero-order valence-electron chi connectivity index (χ0n) is 11.0. The molecule has 0 aliphatic heterocycles. The minimum absolute atomic E-state index is 0.885. The van der Waals surface area contributed by atoms with Gasteiger partial charge in [0.25, 0.3) is 0 Å². The molecule has 0 atom stereocenters. The standard InChI is InChI=1S/C15H27N/c1-3-13-16(4-2)14-9-12-15-10-7-5-6-8-11-15/h5-8,15H,3-4,9-14H2,1-2H3. The van der Waals surface area contributed by atoms with Crippen molar-refractivity contribution < 1.29 is 0 Å². The predicted molar refractivity (Wildman–Crippen MR) is 72.6 cm³/mol. The van der Waals surface area contributed by atoms with E-state index in [1.807, 2.05) is 0 Å². The smallest absolute Gasteiger partial charge is 0.00188 e. The minimum atomic E-state index is 0.885. The van der Waals surface area contributed by atoms with Gasteiger partial charge in [0.15, 0.2) is 0 Å². The average molecular weight is 221 g/mol. The molecule has 1 nitrogen and oxygen atoms in total. The van der Waals surface area contributed by atoms with Gasteiger partial charge < -0.3 is 4.90 Å². The molecule has 0 unspecified atom stereocenters. The Bertz CT molecular complexity index is 203. The van der Waals surface area contributed by atoms with Gasteiger partial charge in [0.1, 0.15) is 0 Å². The maximum Gasteiger partial charge on any atom is -0.00188 e. The Balaban J connectivity index is 2.13. The van der Waals surface area contributed by atoms with Crippen LogP contribution in [0.1, 0.15) is 46.0 Å². The van der Waals surface area contributed by atoms with E-state index in [9.17, 15) is 0 Å². The van der Waals surface area contributed by atoms with E-state index in [0.717, 1.165) is 5.92 Å². The molecule has 0 fully saturated rings. The summed E-state index contributed by atoms with van der Waals surface area (Å²) in [4.78, 5) is 2.57. The summed E-state index contributed by atoms with van der Waals surface area (Å²) in [5.41, 5.74) is 0. The molecule has 0 aromatic heterocycles. The lowest BCUT2D eigenvalue weighted by Gasteiger charge is -2.20. The third-order valence-electron chi connectivity index (χ3n) is 3.40. The van der Waals surface area contributed by atoms with E-state index in [0.29, 0.717) is 0 Å². The Morgan fingerprint density at radius 2 is 1.75 bits per heavy atom. The molecular weight excluding hydrogens is 194 g/mol. The van der Waals surface area contributed by atoms with Crippen molar-refractivity contribution in [1.82, 2.24) is 4.90 Å². The van der Waals surface area contributed by atoms with Crippen LogP contribution in [0.5, 0.6) is 0 Å². The molecule has 16 heavy (non-hydrogen) atoms. The lowest BCUT2D eigenvalue weighted by Crippen LogP contribution is -2.25. The van der Waals surface area contributed by atoms with Crippen molar-refractivity contribution in [2.45, 2.75) is 46.0 Å². The first-order valence-corrected chi connectivity index (χ1v) is 6.90. The topological polar surface area (TPSA) is 3.24 Å². The molecule has 1 aliphatic rings. The molecule has 0 amide bonds. The highest BCUT2D eigenvalue weighted by atomic mass is 15.1. The fourth-order valence-electron chi connectivity index (χ4n) is 2.38. The predicted octanol–water partition coefficient (Wildman–Crippen LogP) is 4.02. The zero-order valence-corrected chi connectivity index (χ0v) is 11.0. The molecule has 1 aliphatic carbocycles. The molecule has 0 N–H and O–H groups in total. The second-order valence-corrected chi connectivity index (χ2v) is 4.77. The van der Waals surface area contributed by atoms with Crippen molar-refractivity contribution >= 4 is 0 Å². The first kappa shape index (κ1) is 13.5. The van der Waals surface area contributed by atoms with Gasteiger partial charge in [-0.25, -0.2) is 0 Å². The molecule has 0 bridgehead atoms. The van der Waals surface area contributed by atoms with Crippen molar-refractivity contribution in [3.05, 3.63) is 24.3 Å². The molecular formula is C15H27N. The molecule has 0 aromatic carbocycles. The van der Waals surface area contributed by atoms with E-state index < -0.39 is 0 Å². The first-order valence-electron chi connectivity index (χ1n) is 6.90. The van der Waals surface area contributed by atoms with Crippen molar-refractivity contribution in [2.24, 2.45) is 5.92 Å². The highest BCUT2D eigenvalue weighted by Crippen LogP contribution is 2.19. The van der Waals surface area contributed by atoms with Gasteiger partial charge in [0, 0.05) is 0 Å². The molecule has 1 rings (SSSR count). The van der Waals surface area contributed by atoms with Gasteiger partial charge >= 0.3 is 0 Å². The van der Waals surface area contributed by atoms with E-state index >= 15 is 0 Å². The molecule has 0 saturated carbocycles. The van der Waals surface area contributed by atoms with Crippen molar-refractivity contribution in [3.63, 3.8) is 0 Å². The third-order valence-corrected chi connectivity index (χ3v) is 3.40. The van der Waals surface area contributed by atoms with Gasteiger partial charge in [-0.05, 0) is 57.7 Å². The molecule has 0 radical (unpaired) electrons. The van der Waals surface area contributed by atoms with Crippen LogP contribution >= 0.6 is 0 Å². The lowest BCUT2D eigenvalue weighted by molar-refractivity contribution is 0.273. The average Bonchev–Trinajstić information content (AvgIpc) is 2.56. The normalized spacial score (nSPS) is 16.9. The van der Waals surface area contributed by atoms with Crippen LogP contribution in [0.3, 0.4) is 0 Å². The second-order valence-electron chi connectivity index (χ2n) is 4.77. The van der Waals surface area contributed by atoms with Gasteiger partial charge in [0.05, 0.1) is 0 Å². The van der Waals surface area contributed by atoms with E-state index in [1.54, 1.807) is 0 Å². The molecule has 1 heteroatoms. The van der Waals surface area contributed by atoms with Crippen LogP contribution in [0.15, 0.2) is 24.3 Å². The monoisotopic (exact) mass is 221 g/mol. The van der Waals surface area contributed by atoms with E-state index in [4.69, 9.17) is 0 Å². The molecule has 0 aromatic rings. The van der Waals surface area contributed by atoms with Crippen LogP contribution in [-0.4, -0.2) is 24.5 Å². The molecule has 0 heterocycles. The summed E-state index contributed by atoms with van der Waals surface area (Å²) < 4.78 is 0. The summed E-state index contributed by atoms with van der Waals surface area (Å²) in [6.45, 7) is 8.30. The van der Waals surface area contributed by atoms with Crippen LogP contribution in [0.25, 0.3) is 0 Å². The number of hydrogen-bond donors (Lipinski definition) is 0. The van der Waals surface area contributed by atoms with E-state index in [1.165, 1.54) is 51.7 Å². The fourth-order valence-corrected chi connectivity index (χ4v) is 2.38. The Morgan fingerprint density at radius 3 is 2.31 bits per heavy atom. The highest BCUT2D eigenvalue weighted by molar-refractivity contribution is 5.06. The van der Waals surface area contributed by atoms with Crippen LogP contribution in [0, 0.1) is 5.92 Å². The summed E-state index contributed by atoms with van der Waals surface area (Å²) in [7, 11) is 0. The third kappa shape index (κ3) is 5.50. The summed E-state index contributed by atoms with van der Waals surface area (Å²) in [5.74, 6) is 0.885. The fraction of sp³-hybridized carbons (Fsp3) is 0.733. The van der Waals surface area contributed by atoms with Gasteiger partial charge in [-0.1, -0.05) is 38.2 Å². The van der Waals surface area contributed by atoms with Gasteiger partial charge in [-0.3, -0.25) is 0 Å². The lowest BCUT2D eigenvalue weighted by atomic mass is 9.96. The van der Waals surface area contributed by atoms with Crippen LogP contribution < -0.4 is 0 Å². The quantitative estimate of drug-likeness (QED) is 0.627. The van der Waals surface area contributed by atoms with Crippen LogP contribution in [0.2, 0.25) is 0 Å². The number of rotatable bonds is 7. The van der Waals surface area contributed by atoms with E-state index in [2.05, 4.69) is 43.1 Å². The Kier molecular flexibility index (Phi) is 7.24. The van der Waals surface area contributed by atoms with Gasteiger partial charge in [0.2, 0.25) is 0 Å². The van der Waals surface area contributed by atoms with Gasteiger partial charge in [-0.2, -0.15) is 0 Å².